The monoisotopic (exact) mass is 540 g/mol. The Morgan fingerprint density at radius 3 is 1.71 bits per heavy atom. The molecule has 38 heavy (non-hydrogen) atoms. The fourth-order valence-corrected chi connectivity index (χ4v) is 11.6. The summed E-state index contributed by atoms with van der Waals surface area (Å²) in [7, 11) is -2.14. The van der Waals surface area contributed by atoms with E-state index in [0.717, 1.165) is 11.1 Å². The molecule has 6 heteroatoms. The highest BCUT2D eigenvalue weighted by atomic mass is 28.4. The molecule has 0 saturated carbocycles. The van der Waals surface area contributed by atoms with Crippen LogP contribution in [0.2, 0.25) is 16.6 Å². The summed E-state index contributed by atoms with van der Waals surface area (Å²) in [4.78, 5) is 0. The third-order valence-electron chi connectivity index (χ3n) is 7.93. The molecule has 1 heterocycles. The van der Waals surface area contributed by atoms with Crippen LogP contribution in [-0.2, 0) is 31.9 Å². The molecular weight excluding hydrogens is 492 g/mol. The number of aliphatic hydroxyl groups is 1. The van der Waals surface area contributed by atoms with E-state index >= 15 is 0 Å². The van der Waals surface area contributed by atoms with Crippen LogP contribution in [0.5, 0.6) is 0 Å². The van der Waals surface area contributed by atoms with E-state index in [1.807, 2.05) is 60.7 Å². The fraction of sp³-hybridized carbons (Fsp3) is 0.562. The molecule has 0 radical (unpaired) electrons. The summed E-state index contributed by atoms with van der Waals surface area (Å²) in [6.07, 6.45) is -0.415. The Balaban J connectivity index is 1.90. The van der Waals surface area contributed by atoms with Crippen LogP contribution >= 0.6 is 0 Å². The molecule has 0 unspecified atom stereocenters. The Hall–Kier alpha value is -1.80. The molecule has 0 aromatic heterocycles. The summed E-state index contributed by atoms with van der Waals surface area (Å²) in [5, 5.41) is 11.4. The molecule has 5 nitrogen and oxygen atoms in total. The summed E-state index contributed by atoms with van der Waals surface area (Å²) in [5.41, 5.74) is 3.47. The summed E-state index contributed by atoms with van der Waals surface area (Å²) in [5.74, 6) is 0. The topological polar surface area (TPSA) is 57.2 Å². The quantitative estimate of drug-likeness (QED) is 0.205. The molecule has 1 saturated heterocycles. The van der Waals surface area contributed by atoms with Crippen molar-refractivity contribution in [1.29, 1.82) is 0 Å². The molecular formula is C32H48O5Si. The van der Waals surface area contributed by atoms with Crippen molar-refractivity contribution in [3.8, 4) is 0 Å². The lowest BCUT2D eigenvalue weighted by atomic mass is 9.93. The van der Waals surface area contributed by atoms with Crippen LogP contribution in [0.3, 0.4) is 0 Å². The van der Waals surface area contributed by atoms with E-state index in [-0.39, 0.29) is 6.10 Å². The van der Waals surface area contributed by atoms with Gasteiger partial charge in [0.2, 0.25) is 0 Å². The second-order valence-corrected chi connectivity index (χ2v) is 16.8. The minimum atomic E-state index is -2.14. The van der Waals surface area contributed by atoms with E-state index in [2.05, 4.69) is 48.1 Å². The Morgan fingerprint density at radius 1 is 0.789 bits per heavy atom. The van der Waals surface area contributed by atoms with E-state index in [9.17, 15) is 5.11 Å². The van der Waals surface area contributed by atoms with Crippen LogP contribution in [-0.4, -0.2) is 50.6 Å². The molecule has 2 aromatic rings. The van der Waals surface area contributed by atoms with Gasteiger partial charge in [-0.25, -0.2) is 0 Å². The van der Waals surface area contributed by atoms with E-state index in [0.29, 0.717) is 42.9 Å². The zero-order valence-corrected chi connectivity index (χ0v) is 25.1. The van der Waals surface area contributed by atoms with E-state index in [1.54, 1.807) is 6.08 Å². The SMILES string of the molecule is C=CC[C@H]1O[C@@H](CO[Si](C(C)C)(C(C)C)C(C)C)[C@@H](OCc2ccccc2)[C@H](OCc2ccccc2)[C@H]1O. The minimum absolute atomic E-state index is 0.379. The van der Waals surface area contributed by atoms with Crippen molar-refractivity contribution in [3.05, 3.63) is 84.4 Å². The molecule has 5 atom stereocenters. The summed E-state index contributed by atoms with van der Waals surface area (Å²) < 4.78 is 26.5. The molecule has 3 rings (SSSR count). The highest BCUT2D eigenvalue weighted by Crippen LogP contribution is 2.43. The first kappa shape index (κ1) is 30.7. The van der Waals surface area contributed by atoms with Gasteiger partial charge in [-0.1, -0.05) is 108 Å². The van der Waals surface area contributed by atoms with Crippen molar-refractivity contribution in [2.24, 2.45) is 0 Å². The maximum atomic E-state index is 11.4. The molecule has 0 aliphatic carbocycles. The van der Waals surface area contributed by atoms with Gasteiger partial charge in [-0.15, -0.1) is 6.58 Å². The number of aliphatic hydroxyl groups excluding tert-OH is 1. The molecule has 1 aliphatic rings. The van der Waals surface area contributed by atoms with E-state index in [1.165, 1.54) is 0 Å². The van der Waals surface area contributed by atoms with Crippen LogP contribution in [0, 0.1) is 0 Å². The number of hydrogen-bond donors (Lipinski definition) is 1. The van der Waals surface area contributed by atoms with Crippen molar-refractivity contribution in [1.82, 2.24) is 0 Å². The molecule has 1 fully saturated rings. The lowest BCUT2D eigenvalue weighted by Gasteiger charge is -2.47. The van der Waals surface area contributed by atoms with Crippen molar-refractivity contribution in [2.75, 3.05) is 6.61 Å². The first-order valence-electron chi connectivity index (χ1n) is 14.1. The number of rotatable bonds is 14. The second-order valence-electron chi connectivity index (χ2n) is 11.4. The molecule has 1 aliphatic heterocycles. The molecule has 0 spiro atoms. The lowest BCUT2D eigenvalue weighted by Crippen LogP contribution is -2.61. The van der Waals surface area contributed by atoms with Gasteiger partial charge < -0.3 is 23.7 Å². The van der Waals surface area contributed by atoms with E-state index in [4.69, 9.17) is 18.6 Å². The van der Waals surface area contributed by atoms with Gasteiger partial charge in [0.15, 0.2) is 8.32 Å². The van der Waals surface area contributed by atoms with Gasteiger partial charge >= 0.3 is 0 Å². The summed E-state index contributed by atoms with van der Waals surface area (Å²) in [6, 6.07) is 20.1. The van der Waals surface area contributed by atoms with Gasteiger partial charge in [-0.3, -0.25) is 0 Å². The smallest absolute Gasteiger partial charge is 0.200 e. The van der Waals surface area contributed by atoms with Gasteiger partial charge in [0.05, 0.1) is 25.9 Å². The fourth-order valence-electron chi connectivity index (χ4n) is 6.15. The van der Waals surface area contributed by atoms with Gasteiger partial charge in [0.1, 0.15) is 24.4 Å². The van der Waals surface area contributed by atoms with Crippen LogP contribution < -0.4 is 0 Å². The first-order chi connectivity index (χ1) is 18.2. The number of benzene rings is 2. The normalized spacial score (nSPS) is 24.3. The van der Waals surface area contributed by atoms with Gasteiger partial charge in [0.25, 0.3) is 0 Å². The third-order valence-corrected chi connectivity index (χ3v) is 14.0. The highest BCUT2D eigenvalue weighted by molar-refractivity contribution is 6.77. The number of ether oxygens (including phenoxy) is 3. The zero-order chi connectivity index (χ0) is 27.7. The first-order valence-corrected chi connectivity index (χ1v) is 16.2. The van der Waals surface area contributed by atoms with Crippen LogP contribution in [0.15, 0.2) is 73.3 Å². The highest BCUT2D eigenvalue weighted by Gasteiger charge is 2.50. The maximum Gasteiger partial charge on any atom is 0.200 e. The zero-order valence-electron chi connectivity index (χ0n) is 24.1. The largest absolute Gasteiger partial charge is 0.413 e. The molecule has 2 aromatic carbocycles. The molecule has 0 bridgehead atoms. The molecule has 1 N–H and O–H groups in total. The predicted octanol–water partition coefficient (Wildman–Crippen LogP) is 7.05. The van der Waals surface area contributed by atoms with Crippen LogP contribution in [0.1, 0.15) is 59.1 Å². The average Bonchev–Trinajstić information content (AvgIpc) is 2.89. The van der Waals surface area contributed by atoms with Crippen LogP contribution in [0.25, 0.3) is 0 Å². The van der Waals surface area contributed by atoms with Crippen molar-refractivity contribution in [2.45, 2.75) is 108 Å². The standard InChI is InChI=1S/C32H48O5Si/c1-8-15-28-30(33)32(35-21-27-18-13-10-14-19-27)31(34-20-26-16-11-9-12-17-26)29(37-28)22-36-38(23(2)3,24(4)5)25(6)7/h8-14,16-19,23-25,28-33H,1,15,20-22H2,2-7H3/t28-,29+,30+,31-,32-/m1/s1. The van der Waals surface area contributed by atoms with Crippen molar-refractivity contribution in [3.63, 3.8) is 0 Å². The van der Waals surface area contributed by atoms with Crippen LogP contribution in [0.4, 0.5) is 0 Å². The summed E-state index contributed by atoms with van der Waals surface area (Å²) in [6.45, 7) is 18.8. The van der Waals surface area contributed by atoms with Crippen molar-refractivity contribution >= 4 is 8.32 Å². The second kappa shape index (κ2) is 14.5. The van der Waals surface area contributed by atoms with E-state index < -0.39 is 32.7 Å². The predicted molar refractivity (Wildman–Crippen MR) is 157 cm³/mol. The summed E-state index contributed by atoms with van der Waals surface area (Å²) >= 11 is 0. The van der Waals surface area contributed by atoms with Gasteiger partial charge in [0, 0.05) is 0 Å². The molecule has 210 valence electrons. The average molecular weight is 541 g/mol. The Labute approximate surface area is 231 Å². The lowest BCUT2D eigenvalue weighted by molar-refractivity contribution is -0.256. The van der Waals surface area contributed by atoms with Gasteiger partial charge in [-0.2, -0.15) is 0 Å². The van der Waals surface area contributed by atoms with Crippen molar-refractivity contribution < 1.29 is 23.7 Å². The number of hydrogen-bond acceptors (Lipinski definition) is 5. The third kappa shape index (κ3) is 7.43. The maximum absolute atomic E-state index is 11.4. The minimum Gasteiger partial charge on any atom is -0.413 e. The Bertz CT molecular complexity index is 927. The molecule has 0 amide bonds. The van der Waals surface area contributed by atoms with Gasteiger partial charge in [-0.05, 0) is 34.2 Å². The Morgan fingerprint density at radius 2 is 1.26 bits per heavy atom. The Kier molecular flexibility index (Phi) is 11.8.